The lowest BCUT2D eigenvalue weighted by atomic mass is 9.94. The summed E-state index contributed by atoms with van der Waals surface area (Å²) < 4.78 is 5.21. The summed E-state index contributed by atoms with van der Waals surface area (Å²) in [5.74, 6) is -2.35. The summed E-state index contributed by atoms with van der Waals surface area (Å²) >= 11 is 0. The molecule has 2 N–H and O–H groups in total. The lowest BCUT2D eigenvalue weighted by Gasteiger charge is -2.27. The van der Waals surface area contributed by atoms with Crippen LogP contribution in [0.5, 0.6) is 0 Å². The van der Waals surface area contributed by atoms with Crippen molar-refractivity contribution < 1.29 is 24.5 Å². The van der Waals surface area contributed by atoms with Gasteiger partial charge in [-0.1, -0.05) is 20.3 Å². The van der Waals surface area contributed by atoms with E-state index in [-0.39, 0.29) is 13.0 Å². The lowest BCUT2D eigenvalue weighted by Crippen LogP contribution is -2.43. The normalized spacial score (nSPS) is 14.5. The Hall–Kier alpha value is -1.10. The molecule has 0 aliphatic heterocycles. The van der Waals surface area contributed by atoms with Gasteiger partial charge in [0.05, 0.1) is 6.42 Å². The van der Waals surface area contributed by atoms with Crippen LogP contribution >= 0.6 is 0 Å². The van der Waals surface area contributed by atoms with Gasteiger partial charge in [-0.25, -0.2) is 4.79 Å². The number of ether oxygens (including phenoxy) is 1. The van der Waals surface area contributed by atoms with Gasteiger partial charge < -0.3 is 14.9 Å². The van der Waals surface area contributed by atoms with Gasteiger partial charge in [-0.3, -0.25) is 4.79 Å². The van der Waals surface area contributed by atoms with E-state index in [1.54, 1.807) is 6.92 Å². The van der Waals surface area contributed by atoms with E-state index in [1.165, 1.54) is 0 Å². The second kappa shape index (κ2) is 6.40. The van der Waals surface area contributed by atoms with Gasteiger partial charge in [-0.05, 0) is 12.8 Å². The molecule has 0 aliphatic carbocycles. The SMILES string of the molecule is CCCOC(CCC)(CC(=O)O)C(=O)O. The standard InChI is InChI=1S/C10H18O5/c1-3-5-10(9(13)14,7-8(11)12)15-6-4-2/h3-7H2,1-2H3,(H,11,12)(H,13,14). The predicted octanol–water partition coefficient (Wildman–Crippen LogP) is 1.51. The van der Waals surface area contributed by atoms with Gasteiger partial charge in [-0.15, -0.1) is 0 Å². The fourth-order valence-corrected chi connectivity index (χ4v) is 1.40. The van der Waals surface area contributed by atoms with E-state index in [4.69, 9.17) is 14.9 Å². The molecule has 0 amide bonds. The number of carbonyl (C=O) groups is 2. The molecular weight excluding hydrogens is 200 g/mol. The number of carboxylic acid groups (broad SMARTS) is 2. The summed E-state index contributed by atoms with van der Waals surface area (Å²) in [6.45, 7) is 3.91. The van der Waals surface area contributed by atoms with Crippen molar-refractivity contribution in [2.75, 3.05) is 6.61 Å². The minimum Gasteiger partial charge on any atom is -0.481 e. The molecule has 15 heavy (non-hydrogen) atoms. The first-order valence-corrected chi connectivity index (χ1v) is 5.07. The van der Waals surface area contributed by atoms with Crippen LogP contribution in [0.3, 0.4) is 0 Å². The quantitative estimate of drug-likeness (QED) is 0.645. The van der Waals surface area contributed by atoms with Crippen molar-refractivity contribution in [1.29, 1.82) is 0 Å². The topological polar surface area (TPSA) is 83.8 Å². The average molecular weight is 218 g/mol. The molecule has 0 spiro atoms. The van der Waals surface area contributed by atoms with Gasteiger partial charge in [0.15, 0.2) is 5.60 Å². The van der Waals surface area contributed by atoms with Gasteiger partial charge in [0.1, 0.15) is 0 Å². The molecule has 0 fully saturated rings. The zero-order valence-electron chi connectivity index (χ0n) is 9.15. The Balaban J connectivity index is 4.71. The highest BCUT2D eigenvalue weighted by Gasteiger charge is 2.40. The van der Waals surface area contributed by atoms with Crippen LogP contribution in [0, 0.1) is 0 Å². The van der Waals surface area contributed by atoms with Crippen LogP contribution in [-0.2, 0) is 14.3 Å². The highest BCUT2D eigenvalue weighted by atomic mass is 16.5. The maximum Gasteiger partial charge on any atom is 0.336 e. The molecule has 0 rings (SSSR count). The molecule has 0 saturated heterocycles. The molecular formula is C10H18O5. The third-order valence-electron chi connectivity index (χ3n) is 2.06. The molecule has 0 radical (unpaired) electrons. The highest BCUT2D eigenvalue weighted by molar-refractivity contribution is 5.83. The van der Waals surface area contributed by atoms with Crippen molar-refractivity contribution in [2.24, 2.45) is 0 Å². The number of carboxylic acids is 2. The van der Waals surface area contributed by atoms with Crippen molar-refractivity contribution in [1.82, 2.24) is 0 Å². The zero-order chi connectivity index (χ0) is 11.9. The molecule has 0 bridgehead atoms. The number of hydrogen-bond acceptors (Lipinski definition) is 3. The highest BCUT2D eigenvalue weighted by Crippen LogP contribution is 2.23. The second-order valence-electron chi connectivity index (χ2n) is 3.47. The fourth-order valence-electron chi connectivity index (χ4n) is 1.40. The lowest BCUT2D eigenvalue weighted by molar-refractivity contribution is -0.174. The van der Waals surface area contributed by atoms with Gasteiger partial charge in [0.25, 0.3) is 0 Å². The van der Waals surface area contributed by atoms with Crippen LogP contribution in [-0.4, -0.2) is 34.4 Å². The largest absolute Gasteiger partial charge is 0.481 e. The van der Waals surface area contributed by atoms with Crippen LogP contribution in [0.1, 0.15) is 39.5 Å². The third-order valence-corrected chi connectivity index (χ3v) is 2.06. The van der Waals surface area contributed by atoms with E-state index in [0.717, 1.165) is 0 Å². The summed E-state index contributed by atoms with van der Waals surface area (Å²) in [6, 6.07) is 0. The van der Waals surface area contributed by atoms with Gasteiger partial charge in [0, 0.05) is 6.61 Å². The first-order valence-electron chi connectivity index (χ1n) is 5.07. The van der Waals surface area contributed by atoms with Crippen molar-refractivity contribution in [3.8, 4) is 0 Å². The van der Waals surface area contributed by atoms with E-state index < -0.39 is 24.0 Å². The first kappa shape index (κ1) is 13.9. The monoisotopic (exact) mass is 218 g/mol. The predicted molar refractivity (Wildman–Crippen MR) is 53.8 cm³/mol. The number of aliphatic carboxylic acids is 2. The Morgan fingerprint density at radius 3 is 2.13 bits per heavy atom. The Morgan fingerprint density at radius 1 is 1.20 bits per heavy atom. The van der Waals surface area contributed by atoms with E-state index in [2.05, 4.69) is 0 Å². The Labute approximate surface area is 89.0 Å². The summed E-state index contributed by atoms with van der Waals surface area (Å²) in [5.41, 5.74) is -1.56. The molecule has 0 aromatic carbocycles. The van der Waals surface area contributed by atoms with Gasteiger partial charge >= 0.3 is 11.9 Å². The molecule has 0 aliphatic rings. The van der Waals surface area contributed by atoms with Crippen molar-refractivity contribution in [3.63, 3.8) is 0 Å². The smallest absolute Gasteiger partial charge is 0.336 e. The van der Waals surface area contributed by atoms with Crippen LogP contribution < -0.4 is 0 Å². The van der Waals surface area contributed by atoms with Crippen molar-refractivity contribution in [2.45, 2.75) is 45.1 Å². The van der Waals surface area contributed by atoms with Crippen LogP contribution in [0.15, 0.2) is 0 Å². The molecule has 5 nitrogen and oxygen atoms in total. The minimum atomic E-state index is -1.56. The second-order valence-corrected chi connectivity index (χ2v) is 3.47. The third kappa shape index (κ3) is 4.29. The summed E-state index contributed by atoms with van der Waals surface area (Å²) in [5, 5.41) is 17.7. The molecule has 0 saturated carbocycles. The number of rotatable bonds is 8. The summed E-state index contributed by atoms with van der Waals surface area (Å²) in [7, 11) is 0. The molecule has 1 atom stereocenters. The average Bonchev–Trinajstić information content (AvgIpc) is 2.13. The van der Waals surface area contributed by atoms with E-state index in [9.17, 15) is 9.59 Å². The zero-order valence-corrected chi connectivity index (χ0v) is 9.15. The van der Waals surface area contributed by atoms with Crippen molar-refractivity contribution in [3.05, 3.63) is 0 Å². The molecule has 0 heterocycles. The minimum absolute atomic E-state index is 0.217. The first-order chi connectivity index (χ1) is 6.98. The van der Waals surface area contributed by atoms with E-state index in [0.29, 0.717) is 12.8 Å². The molecule has 0 aromatic heterocycles. The summed E-state index contributed by atoms with van der Waals surface area (Å²) in [6.07, 6.45) is 0.965. The number of hydrogen-bond donors (Lipinski definition) is 2. The Kier molecular flexibility index (Phi) is 5.93. The Morgan fingerprint density at radius 2 is 1.80 bits per heavy atom. The summed E-state index contributed by atoms with van der Waals surface area (Å²) in [4.78, 5) is 21.7. The van der Waals surface area contributed by atoms with Crippen molar-refractivity contribution >= 4 is 11.9 Å². The maximum absolute atomic E-state index is 11.1. The van der Waals surface area contributed by atoms with Crippen LogP contribution in [0.2, 0.25) is 0 Å². The fraction of sp³-hybridized carbons (Fsp3) is 0.800. The van der Waals surface area contributed by atoms with Gasteiger partial charge in [0.2, 0.25) is 0 Å². The van der Waals surface area contributed by atoms with Crippen LogP contribution in [0.25, 0.3) is 0 Å². The Bertz CT molecular complexity index is 226. The van der Waals surface area contributed by atoms with E-state index >= 15 is 0 Å². The van der Waals surface area contributed by atoms with Gasteiger partial charge in [-0.2, -0.15) is 0 Å². The molecule has 5 heteroatoms. The molecule has 1 unspecified atom stereocenters. The molecule has 0 aromatic rings. The maximum atomic E-state index is 11.1. The molecule has 88 valence electrons. The van der Waals surface area contributed by atoms with Crippen LogP contribution in [0.4, 0.5) is 0 Å². The van der Waals surface area contributed by atoms with E-state index in [1.807, 2.05) is 6.92 Å².